The molecule has 1 heterocycles. The van der Waals surface area contributed by atoms with Crippen LogP contribution in [0.1, 0.15) is 40.7 Å². The molecule has 0 saturated heterocycles. The highest BCUT2D eigenvalue weighted by molar-refractivity contribution is 6.09. The number of ether oxygens (including phenoxy) is 2. The number of carbonyl (C=O) groups excluding carboxylic acids is 1. The number of nitrogen functional groups attached to an aromatic ring is 1. The molecule has 0 radical (unpaired) electrons. The molecule has 4 rings (SSSR count). The number of amides is 1. The van der Waals surface area contributed by atoms with Gasteiger partial charge in [0.15, 0.2) is 0 Å². The lowest BCUT2D eigenvalue weighted by Gasteiger charge is -2.22. The van der Waals surface area contributed by atoms with Gasteiger partial charge in [-0.15, -0.1) is 0 Å². The van der Waals surface area contributed by atoms with Crippen LogP contribution in [0.2, 0.25) is 0 Å². The van der Waals surface area contributed by atoms with Crippen molar-refractivity contribution in [1.82, 2.24) is 20.5 Å². The Labute approximate surface area is 242 Å². The largest absolute Gasteiger partial charge is 0.492 e. The maximum atomic E-state index is 13.1. The number of likely N-dealkylation sites (N-methyl/N-ethyl adjacent to an activating group) is 1. The fourth-order valence-electron chi connectivity index (χ4n) is 4.80. The summed E-state index contributed by atoms with van der Waals surface area (Å²) in [5.74, 6) is 0.735. The number of aromatic nitrogens is 1. The number of allylic oxidation sites excluding steroid dienone is 1. The summed E-state index contributed by atoms with van der Waals surface area (Å²) >= 11 is 0. The van der Waals surface area contributed by atoms with E-state index in [1.807, 2.05) is 26.2 Å². The van der Waals surface area contributed by atoms with Gasteiger partial charge in [-0.05, 0) is 68.2 Å². The first kappa shape index (κ1) is 29.8. The van der Waals surface area contributed by atoms with Crippen LogP contribution < -0.4 is 21.1 Å². The van der Waals surface area contributed by atoms with Gasteiger partial charge in [0.05, 0.1) is 24.3 Å². The van der Waals surface area contributed by atoms with Crippen LogP contribution in [0.5, 0.6) is 5.75 Å². The normalized spacial score (nSPS) is 16.9. The van der Waals surface area contributed by atoms with E-state index in [4.69, 9.17) is 20.6 Å². The summed E-state index contributed by atoms with van der Waals surface area (Å²) in [7, 11) is 5.81. The highest BCUT2D eigenvalue weighted by Crippen LogP contribution is 2.26. The van der Waals surface area contributed by atoms with Crippen molar-refractivity contribution >= 4 is 23.5 Å². The van der Waals surface area contributed by atoms with Crippen LogP contribution in [0.3, 0.4) is 0 Å². The number of nitrogens with two attached hydrogens (primary N) is 1. The molecule has 41 heavy (non-hydrogen) atoms. The van der Waals surface area contributed by atoms with E-state index in [2.05, 4.69) is 56.9 Å². The van der Waals surface area contributed by atoms with E-state index in [9.17, 15) is 4.79 Å². The molecule has 2 aromatic carbocycles. The molecule has 0 unspecified atom stereocenters. The third-order valence-electron chi connectivity index (χ3n) is 7.13. The van der Waals surface area contributed by atoms with Gasteiger partial charge in [0, 0.05) is 43.3 Å². The number of hydrogen-bond donors (Lipinski definition) is 4. The fraction of sp³-hybridized carbons (Fsp3) is 0.344. The van der Waals surface area contributed by atoms with Crippen LogP contribution in [0.4, 0.5) is 5.82 Å². The van der Waals surface area contributed by atoms with Gasteiger partial charge in [0.1, 0.15) is 18.2 Å². The summed E-state index contributed by atoms with van der Waals surface area (Å²) in [6, 6.07) is 18.1. The quantitative estimate of drug-likeness (QED) is 0.231. The van der Waals surface area contributed by atoms with Crippen molar-refractivity contribution < 1.29 is 14.3 Å². The van der Waals surface area contributed by atoms with E-state index in [1.54, 1.807) is 25.5 Å². The molecule has 0 bridgehead atoms. The van der Waals surface area contributed by atoms with Crippen LogP contribution >= 0.6 is 0 Å². The van der Waals surface area contributed by atoms with E-state index in [-0.39, 0.29) is 23.9 Å². The van der Waals surface area contributed by atoms with E-state index in [0.29, 0.717) is 29.9 Å². The Morgan fingerprint density at radius 3 is 2.49 bits per heavy atom. The predicted molar refractivity (Wildman–Crippen MR) is 164 cm³/mol. The lowest BCUT2D eigenvalue weighted by atomic mass is 10.0. The number of anilines is 1. The van der Waals surface area contributed by atoms with Crippen LogP contribution in [-0.4, -0.2) is 68.4 Å². The Balaban J connectivity index is 1.32. The maximum Gasteiger partial charge on any atom is 0.255 e. The SMILES string of the molecule is CN/C=C(\C=N)c1cnc(N)c(C(=O)N[C@H]2CCC[C@@H]2OCc2ccc(-c3ccc(OCCN(C)C)cc3)cc2)c1. The van der Waals surface area contributed by atoms with Crippen LogP contribution in [0.15, 0.2) is 67.0 Å². The van der Waals surface area contributed by atoms with Crippen molar-refractivity contribution in [3.8, 4) is 16.9 Å². The molecule has 1 saturated carbocycles. The Hall–Kier alpha value is -4.21. The average molecular weight is 557 g/mol. The summed E-state index contributed by atoms with van der Waals surface area (Å²) in [5.41, 5.74) is 10.9. The molecule has 2 atom stereocenters. The van der Waals surface area contributed by atoms with E-state index in [0.717, 1.165) is 48.2 Å². The predicted octanol–water partition coefficient (Wildman–Crippen LogP) is 4.35. The zero-order valence-corrected chi connectivity index (χ0v) is 24.0. The van der Waals surface area contributed by atoms with Gasteiger partial charge in [0.2, 0.25) is 0 Å². The smallest absolute Gasteiger partial charge is 0.255 e. The van der Waals surface area contributed by atoms with E-state index >= 15 is 0 Å². The summed E-state index contributed by atoms with van der Waals surface area (Å²) in [4.78, 5) is 19.4. The molecule has 0 spiro atoms. The number of rotatable bonds is 13. The fourth-order valence-corrected chi connectivity index (χ4v) is 4.80. The Kier molecular flexibility index (Phi) is 10.5. The second-order valence-corrected chi connectivity index (χ2v) is 10.4. The molecule has 216 valence electrons. The molecule has 0 aliphatic heterocycles. The van der Waals surface area contributed by atoms with Crippen molar-refractivity contribution in [2.24, 2.45) is 0 Å². The Morgan fingerprint density at radius 2 is 1.83 bits per heavy atom. The Morgan fingerprint density at radius 1 is 1.12 bits per heavy atom. The highest BCUT2D eigenvalue weighted by atomic mass is 16.5. The summed E-state index contributed by atoms with van der Waals surface area (Å²) in [6.45, 7) is 2.00. The monoisotopic (exact) mass is 556 g/mol. The standard InChI is InChI=1S/C32H40N6O3/c1-35-19-26(18-33)25-17-28(31(34)36-20-25)32(39)37-29-5-4-6-30(29)41-21-22-7-9-23(10-8-22)24-11-13-27(14-12-24)40-16-15-38(2)3/h7-14,17-20,29-30,33,35H,4-6,15-16,21H2,1-3H3,(H2,34,36)(H,37,39)/b26-19+,33-18?/t29-,30-/m0/s1. The first-order valence-corrected chi connectivity index (χ1v) is 13.9. The number of carbonyl (C=O) groups is 1. The molecule has 3 aromatic rings. The van der Waals surface area contributed by atoms with Gasteiger partial charge in [-0.25, -0.2) is 4.98 Å². The van der Waals surface area contributed by atoms with Gasteiger partial charge < -0.3 is 36.2 Å². The third-order valence-corrected chi connectivity index (χ3v) is 7.13. The summed E-state index contributed by atoms with van der Waals surface area (Å²) in [6.07, 6.45) is 7.04. The van der Waals surface area contributed by atoms with Gasteiger partial charge in [-0.2, -0.15) is 0 Å². The number of nitrogens with one attached hydrogen (secondary N) is 3. The Bertz CT molecular complexity index is 1340. The van der Waals surface area contributed by atoms with Crippen molar-refractivity contribution in [2.45, 2.75) is 38.0 Å². The molecule has 9 heteroatoms. The lowest BCUT2D eigenvalue weighted by molar-refractivity contribution is 0.0272. The minimum Gasteiger partial charge on any atom is -0.492 e. The summed E-state index contributed by atoms with van der Waals surface area (Å²) in [5, 5.41) is 13.6. The molecule has 1 aromatic heterocycles. The molecular weight excluding hydrogens is 516 g/mol. The van der Waals surface area contributed by atoms with Crippen molar-refractivity contribution in [3.05, 3.63) is 83.7 Å². The number of nitrogens with zero attached hydrogens (tertiary/aromatic N) is 2. The van der Waals surface area contributed by atoms with Crippen LogP contribution in [0.25, 0.3) is 16.7 Å². The molecule has 5 N–H and O–H groups in total. The third kappa shape index (κ3) is 8.15. The molecule has 1 fully saturated rings. The minimum atomic E-state index is -0.287. The van der Waals surface area contributed by atoms with E-state index in [1.165, 1.54) is 6.21 Å². The highest BCUT2D eigenvalue weighted by Gasteiger charge is 2.30. The van der Waals surface area contributed by atoms with Crippen molar-refractivity contribution in [2.75, 3.05) is 40.0 Å². The maximum absolute atomic E-state index is 13.1. The van der Waals surface area contributed by atoms with Crippen LogP contribution in [0, 0.1) is 5.41 Å². The first-order chi connectivity index (χ1) is 19.9. The zero-order chi connectivity index (χ0) is 29.2. The van der Waals surface area contributed by atoms with Crippen molar-refractivity contribution in [3.63, 3.8) is 0 Å². The second kappa shape index (κ2) is 14.4. The van der Waals surface area contributed by atoms with Crippen molar-refractivity contribution in [1.29, 1.82) is 5.41 Å². The van der Waals surface area contributed by atoms with Gasteiger partial charge >= 0.3 is 0 Å². The first-order valence-electron chi connectivity index (χ1n) is 13.9. The molecular formula is C32H40N6O3. The van der Waals surface area contributed by atoms with Gasteiger partial charge in [0.25, 0.3) is 5.91 Å². The zero-order valence-electron chi connectivity index (χ0n) is 24.0. The molecule has 1 aliphatic carbocycles. The van der Waals surface area contributed by atoms with Gasteiger partial charge in [-0.1, -0.05) is 36.4 Å². The van der Waals surface area contributed by atoms with Crippen LogP contribution in [-0.2, 0) is 11.3 Å². The lowest BCUT2D eigenvalue weighted by Crippen LogP contribution is -2.41. The number of pyridine rings is 1. The number of benzene rings is 2. The molecule has 1 aliphatic rings. The number of hydrogen-bond acceptors (Lipinski definition) is 8. The molecule has 1 amide bonds. The average Bonchev–Trinajstić information content (AvgIpc) is 3.42. The second-order valence-electron chi connectivity index (χ2n) is 10.4. The van der Waals surface area contributed by atoms with Gasteiger partial charge in [-0.3, -0.25) is 4.79 Å². The van der Waals surface area contributed by atoms with E-state index < -0.39 is 0 Å². The summed E-state index contributed by atoms with van der Waals surface area (Å²) < 4.78 is 12.1. The molecule has 9 nitrogen and oxygen atoms in total. The topological polar surface area (TPSA) is 126 Å². The minimum absolute atomic E-state index is 0.0858.